The molecule has 0 spiro atoms. The lowest BCUT2D eigenvalue weighted by Crippen LogP contribution is -2.39. The fraction of sp³-hybridized carbons (Fsp3) is 0.312. The van der Waals surface area contributed by atoms with E-state index < -0.39 is 24.2 Å². The second-order valence-corrected chi connectivity index (χ2v) is 5.95. The molecule has 1 aromatic carbocycles. The van der Waals surface area contributed by atoms with E-state index in [1.807, 2.05) is 0 Å². The summed E-state index contributed by atoms with van der Waals surface area (Å²) in [6, 6.07) is 4.02. The van der Waals surface area contributed by atoms with Crippen molar-refractivity contribution in [3.63, 3.8) is 0 Å². The van der Waals surface area contributed by atoms with Crippen molar-refractivity contribution in [1.29, 1.82) is 0 Å². The number of rotatable bonds is 4. The van der Waals surface area contributed by atoms with Crippen LogP contribution in [0.15, 0.2) is 24.4 Å². The van der Waals surface area contributed by atoms with Crippen LogP contribution in [0.4, 0.5) is 4.79 Å². The Bertz CT molecular complexity index is 821. The predicted octanol–water partition coefficient (Wildman–Crippen LogP) is 2.48. The van der Waals surface area contributed by atoms with E-state index in [9.17, 15) is 14.7 Å². The van der Waals surface area contributed by atoms with Crippen molar-refractivity contribution in [3.05, 3.63) is 29.5 Å². The van der Waals surface area contributed by atoms with Gasteiger partial charge in [-0.05, 0) is 23.6 Å². The van der Waals surface area contributed by atoms with Crippen molar-refractivity contribution in [3.8, 4) is 11.5 Å². The molecule has 1 aromatic heterocycles. The van der Waals surface area contributed by atoms with Crippen molar-refractivity contribution in [2.75, 3.05) is 13.7 Å². The van der Waals surface area contributed by atoms with Crippen molar-refractivity contribution >= 4 is 34.4 Å². The van der Waals surface area contributed by atoms with Crippen LogP contribution in [0.25, 0.3) is 10.8 Å². The van der Waals surface area contributed by atoms with Gasteiger partial charge in [-0.25, -0.2) is 14.6 Å². The van der Waals surface area contributed by atoms with Gasteiger partial charge in [-0.1, -0.05) is 11.6 Å². The van der Waals surface area contributed by atoms with Crippen LogP contribution in [-0.4, -0.2) is 58.0 Å². The van der Waals surface area contributed by atoms with E-state index in [0.717, 1.165) is 10.3 Å². The molecule has 0 radical (unpaired) electrons. The molecular weight excluding hydrogens is 352 g/mol. The Morgan fingerprint density at radius 3 is 2.68 bits per heavy atom. The zero-order valence-electron chi connectivity index (χ0n) is 13.2. The number of fused-ring (bicyclic) bond motifs is 1. The smallest absolute Gasteiger partial charge is 0.408 e. The molecule has 0 saturated carbocycles. The Morgan fingerprint density at radius 2 is 2.08 bits per heavy atom. The van der Waals surface area contributed by atoms with Gasteiger partial charge in [0.1, 0.15) is 17.3 Å². The Kier molecular flexibility index (Phi) is 4.54. The van der Waals surface area contributed by atoms with Gasteiger partial charge in [-0.2, -0.15) is 0 Å². The van der Waals surface area contributed by atoms with Crippen molar-refractivity contribution in [1.82, 2.24) is 9.88 Å². The summed E-state index contributed by atoms with van der Waals surface area (Å²) in [7, 11) is 1.48. The van der Waals surface area contributed by atoms with Crippen molar-refractivity contribution in [2.24, 2.45) is 0 Å². The van der Waals surface area contributed by atoms with Crippen LogP contribution in [0, 0.1) is 0 Å². The average Bonchev–Trinajstić information content (AvgIpc) is 2.99. The molecule has 132 valence electrons. The Balaban J connectivity index is 1.91. The van der Waals surface area contributed by atoms with Crippen LogP contribution < -0.4 is 9.47 Å². The minimum atomic E-state index is -1.30. The van der Waals surface area contributed by atoms with Gasteiger partial charge in [-0.15, -0.1) is 0 Å². The van der Waals surface area contributed by atoms with Crippen LogP contribution in [0.5, 0.6) is 11.5 Å². The second kappa shape index (κ2) is 6.64. The monoisotopic (exact) mass is 366 g/mol. The molecule has 2 unspecified atom stereocenters. The van der Waals surface area contributed by atoms with E-state index >= 15 is 0 Å². The molecule has 2 N–H and O–H groups in total. The molecular formula is C16H15ClN2O6. The molecule has 1 aliphatic rings. The van der Waals surface area contributed by atoms with Gasteiger partial charge >= 0.3 is 12.1 Å². The first-order valence-electron chi connectivity index (χ1n) is 7.42. The quantitative estimate of drug-likeness (QED) is 0.800. The molecule has 2 atom stereocenters. The number of aliphatic carboxylic acids is 1. The van der Waals surface area contributed by atoms with Gasteiger partial charge in [0.15, 0.2) is 11.5 Å². The number of ether oxygens (including phenoxy) is 2. The molecule has 1 fully saturated rings. The predicted molar refractivity (Wildman–Crippen MR) is 88.5 cm³/mol. The second-order valence-electron chi connectivity index (χ2n) is 5.59. The number of likely N-dealkylation sites (tertiary alicyclic amines) is 1. The number of pyridine rings is 1. The molecule has 2 aromatic rings. The van der Waals surface area contributed by atoms with Crippen LogP contribution >= 0.6 is 11.6 Å². The molecule has 1 aliphatic heterocycles. The van der Waals surface area contributed by atoms with Gasteiger partial charge in [-0.3, -0.25) is 4.90 Å². The third kappa shape index (κ3) is 3.25. The number of carbonyl (C=O) groups is 2. The third-order valence-corrected chi connectivity index (χ3v) is 4.39. The highest BCUT2D eigenvalue weighted by Crippen LogP contribution is 2.36. The number of hydrogen-bond donors (Lipinski definition) is 2. The zero-order valence-corrected chi connectivity index (χ0v) is 13.9. The van der Waals surface area contributed by atoms with Gasteiger partial charge in [0.25, 0.3) is 0 Å². The van der Waals surface area contributed by atoms with Crippen LogP contribution in [0.1, 0.15) is 6.42 Å². The summed E-state index contributed by atoms with van der Waals surface area (Å²) in [5, 5.41) is 20.1. The highest BCUT2D eigenvalue weighted by Gasteiger charge is 2.41. The highest BCUT2D eigenvalue weighted by atomic mass is 35.5. The van der Waals surface area contributed by atoms with E-state index in [-0.39, 0.29) is 13.0 Å². The molecule has 3 rings (SSSR count). The number of nitrogens with zero attached hydrogens (tertiary/aromatic N) is 2. The summed E-state index contributed by atoms with van der Waals surface area (Å²) in [5.74, 6) is -0.409. The number of methoxy groups -OCH3 is 1. The summed E-state index contributed by atoms with van der Waals surface area (Å²) in [6.07, 6.45) is -0.289. The Labute approximate surface area is 147 Å². The number of carboxylic acid groups (broad SMARTS) is 2. The lowest BCUT2D eigenvalue weighted by Gasteiger charge is -2.17. The van der Waals surface area contributed by atoms with Crippen LogP contribution in [0.3, 0.4) is 0 Å². The van der Waals surface area contributed by atoms with Crippen LogP contribution in [-0.2, 0) is 4.79 Å². The van der Waals surface area contributed by atoms with Crippen LogP contribution in [0.2, 0.25) is 5.15 Å². The normalized spacial score (nSPS) is 19.8. The topological polar surface area (TPSA) is 109 Å². The van der Waals surface area contributed by atoms with E-state index in [2.05, 4.69) is 4.98 Å². The van der Waals surface area contributed by atoms with Gasteiger partial charge in [0.05, 0.1) is 13.7 Å². The Hall–Kier alpha value is -2.74. The number of carboxylic acids is 1. The fourth-order valence-corrected chi connectivity index (χ4v) is 3.12. The summed E-state index contributed by atoms with van der Waals surface area (Å²) in [6.45, 7) is -0.0474. The van der Waals surface area contributed by atoms with E-state index in [1.165, 1.54) is 7.11 Å². The molecule has 1 saturated heterocycles. The number of halogens is 1. The number of benzene rings is 1. The summed E-state index contributed by atoms with van der Waals surface area (Å²) in [4.78, 5) is 27.3. The number of amides is 1. The maximum Gasteiger partial charge on any atom is 0.408 e. The molecule has 9 heteroatoms. The van der Waals surface area contributed by atoms with E-state index in [0.29, 0.717) is 22.0 Å². The lowest BCUT2D eigenvalue weighted by molar-refractivity contribution is -0.141. The molecule has 8 nitrogen and oxygen atoms in total. The van der Waals surface area contributed by atoms with E-state index in [1.54, 1.807) is 24.4 Å². The minimum Gasteiger partial charge on any atom is -0.493 e. The molecule has 0 bridgehead atoms. The maximum absolute atomic E-state index is 11.2. The zero-order chi connectivity index (χ0) is 18.1. The largest absolute Gasteiger partial charge is 0.493 e. The molecule has 2 heterocycles. The summed E-state index contributed by atoms with van der Waals surface area (Å²) < 4.78 is 11.2. The lowest BCUT2D eigenvalue weighted by atomic mass is 10.1. The standard InChI is InChI=1S/C16H15ClN2O6/c1-24-12-4-8-2-3-18-14(17)10(8)6-13(12)25-9-5-11(15(20)21)19(7-9)16(22)23/h2-4,6,9,11H,5,7H2,1H3,(H,20,21)(H,22,23). The van der Waals surface area contributed by atoms with Crippen molar-refractivity contribution in [2.45, 2.75) is 18.6 Å². The highest BCUT2D eigenvalue weighted by molar-refractivity contribution is 6.34. The fourth-order valence-electron chi connectivity index (χ4n) is 2.90. The van der Waals surface area contributed by atoms with E-state index in [4.69, 9.17) is 26.2 Å². The maximum atomic E-state index is 11.2. The SMILES string of the molecule is COc1cc2ccnc(Cl)c2cc1OC1CC(C(=O)O)N(C(=O)O)C1. The third-order valence-electron chi connectivity index (χ3n) is 4.09. The van der Waals surface area contributed by atoms with Gasteiger partial charge in [0.2, 0.25) is 0 Å². The van der Waals surface area contributed by atoms with Crippen molar-refractivity contribution < 1.29 is 29.3 Å². The number of hydrogen-bond acceptors (Lipinski definition) is 5. The average molecular weight is 367 g/mol. The van der Waals surface area contributed by atoms with Gasteiger partial charge < -0.3 is 19.7 Å². The summed E-state index contributed by atoms with van der Waals surface area (Å²) >= 11 is 6.10. The molecule has 1 amide bonds. The minimum absolute atomic E-state index is 0.0452. The van der Waals surface area contributed by atoms with Gasteiger partial charge in [0, 0.05) is 18.0 Å². The Morgan fingerprint density at radius 1 is 1.32 bits per heavy atom. The first-order chi connectivity index (χ1) is 11.9. The number of aromatic nitrogens is 1. The first-order valence-corrected chi connectivity index (χ1v) is 7.79. The molecule has 0 aliphatic carbocycles. The first kappa shape index (κ1) is 17.1. The molecule has 25 heavy (non-hydrogen) atoms. The summed E-state index contributed by atoms with van der Waals surface area (Å²) in [5.41, 5.74) is 0.